The van der Waals surface area contributed by atoms with E-state index < -0.39 is 0 Å². The summed E-state index contributed by atoms with van der Waals surface area (Å²) in [7, 11) is 1.45. The minimum atomic E-state index is -0.306. The van der Waals surface area contributed by atoms with Crippen LogP contribution in [0.2, 0.25) is 0 Å². The molecule has 0 aliphatic heterocycles. The fourth-order valence-corrected chi connectivity index (χ4v) is 1.76. The van der Waals surface area contributed by atoms with Gasteiger partial charge in [0.1, 0.15) is 0 Å². The molecule has 0 aromatic heterocycles. The molecule has 0 rings (SSSR count). The van der Waals surface area contributed by atoms with Gasteiger partial charge in [0, 0.05) is 0 Å². The monoisotopic (exact) mass is 298 g/mol. The average molecular weight is 298 g/mol. The van der Waals surface area contributed by atoms with E-state index >= 15 is 0 Å². The molecule has 0 aliphatic carbocycles. The molecule has 13 heavy (non-hydrogen) atoms. The maximum atomic E-state index is 11.3. The number of ether oxygens (including phenoxy) is 1. The third kappa shape index (κ3) is 5.49. The van der Waals surface area contributed by atoms with Crippen molar-refractivity contribution in [1.29, 1.82) is 0 Å². The normalized spacial score (nSPS) is 11.4. The lowest BCUT2D eigenvalue weighted by atomic mass is 9.87. The standard InChI is InChI=1S/C10H19IO2/c1-10(2,9(12)13-3)7-5-4-6-8-11/h4-8H2,1-3H3. The molecule has 0 bridgehead atoms. The van der Waals surface area contributed by atoms with Crippen molar-refractivity contribution in [3.05, 3.63) is 0 Å². The summed E-state index contributed by atoms with van der Waals surface area (Å²) in [5.41, 5.74) is -0.306. The molecule has 0 saturated carbocycles. The molecule has 0 radical (unpaired) electrons. The van der Waals surface area contributed by atoms with E-state index in [1.54, 1.807) is 0 Å². The first-order chi connectivity index (χ1) is 6.04. The summed E-state index contributed by atoms with van der Waals surface area (Å²) >= 11 is 2.38. The summed E-state index contributed by atoms with van der Waals surface area (Å²) in [5.74, 6) is -0.0954. The molecule has 0 heterocycles. The van der Waals surface area contributed by atoms with Crippen LogP contribution >= 0.6 is 22.6 Å². The zero-order chi connectivity index (χ0) is 10.3. The fourth-order valence-electron chi connectivity index (χ4n) is 1.22. The van der Waals surface area contributed by atoms with Gasteiger partial charge in [-0.15, -0.1) is 0 Å². The van der Waals surface area contributed by atoms with Crippen LogP contribution in [0, 0.1) is 5.41 Å². The minimum Gasteiger partial charge on any atom is -0.469 e. The lowest BCUT2D eigenvalue weighted by molar-refractivity contribution is -0.151. The second-order valence-corrected chi connectivity index (χ2v) is 4.95. The molecule has 78 valence electrons. The van der Waals surface area contributed by atoms with Gasteiger partial charge >= 0.3 is 5.97 Å². The Balaban J connectivity index is 3.69. The number of methoxy groups -OCH3 is 1. The minimum absolute atomic E-state index is 0.0954. The van der Waals surface area contributed by atoms with Crippen molar-refractivity contribution < 1.29 is 9.53 Å². The van der Waals surface area contributed by atoms with Crippen LogP contribution < -0.4 is 0 Å². The van der Waals surface area contributed by atoms with Gasteiger partial charge in [-0.05, 0) is 31.1 Å². The van der Waals surface area contributed by atoms with Gasteiger partial charge in [-0.1, -0.05) is 35.4 Å². The second-order valence-electron chi connectivity index (χ2n) is 3.88. The first kappa shape index (κ1) is 13.2. The number of hydrogen-bond donors (Lipinski definition) is 0. The van der Waals surface area contributed by atoms with E-state index in [9.17, 15) is 4.79 Å². The quantitative estimate of drug-likeness (QED) is 0.326. The van der Waals surface area contributed by atoms with Gasteiger partial charge in [-0.25, -0.2) is 0 Å². The summed E-state index contributed by atoms with van der Waals surface area (Å²) in [6.07, 6.45) is 4.50. The van der Waals surface area contributed by atoms with Gasteiger partial charge < -0.3 is 4.74 Å². The highest BCUT2D eigenvalue weighted by atomic mass is 127. The zero-order valence-electron chi connectivity index (χ0n) is 8.73. The van der Waals surface area contributed by atoms with Gasteiger partial charge in [0.2, 0.25) is 0 Å². The second kappa shape index (κ2) is 6.62. The van der Waals surface area contributed by atoms with Crippen LogP contribution in [0.25, 0.3) is 0 Å². The van der Waals surface area contributed by atoms with Crippen LogP contribution in [0.15, 0.2) is 0 Å². The maximum absolute atomic E-state index is 11.3. The maximum Gasteiger partial charge on any atom is 0.311 e. The van der Waals surface area contributed by atoms with Crippen molar-refractivity contribution >= 4 is 28.6 Å². The third-order valence-electron chi connectivity index (χ3n) is 2.17. The Morgan fingerprint density at radius 1 is 1.31 bits per heavy atom. The van der Waals surface area contributed by atoms with Crippen LogP contribution in [0.4, 0.5) is 0 Å². The van der Waals surface area contributed by atoms with Crippen molar-refractivity contribution in [3.8, 4) is 0 Å². The molecular weight excluding hydrogens is 279 g/mol. The van der Waals surface area contributed by atoms with Crippen molar-refractivity contribution in [1.82, 2.24) is 0 Å². The Labute approximate surface area is 94.6 Å². The number of alkyl halides is 1. The van der Waals surface area contributed by atoms with Gasteiger partial charge in [0.25, 0.3) is 0 Å². The SMILES string of the molecule is COC(=O)C(C)(C)CCCCCI. The lowest BCUT2D eigenvalue weighted by Gasteiger charge is -2.20. The van der Waals surface area contributed by atoms with E-state index in [1.807, 2.05) is 13.8 Å². The zero-order valence-corrected chi connectivity index (χ0v) is 10.9. The van der Waals surface area contributed by atoms with Gasteiger partial charge in [0.05, 0.1) is 12.5 Å². The van der Waals surface area contributed by atoms with E-state index in [-0.39, 0.29) is 11.4 Å². The number of unbranched alkanes of at least 4 members (excludes halogenated alkanes) is 2. The number of carbonyl (C=O) groups is 1. The molecule has 0 N–H and O–H groups in total. The van der Waals surface area contributed by atoms with Crippen LogP contribution in [-0.2, 0) is 9.53 Å². The molecular formula is C10H19IO2. The number of esters is 1. The van der Waals surface area contributed by atoms with Crippen LogP contribution in [0.3, 0.4) is 0 Å². The molecule has 0 atom stereocenters. The van der Waals surface area contributed by atoms with E-state index in [1.165, 1.54) is 24.4 Å². The molecule has 0 aromatic carbocycles. The highest BCUT2D eigenvalue weighted by Gasteiger charge is 2.27. The van der Waals surface area contributed by atoms with Gasteiger partial charge in [0.15, 0.2) is 0 Å². The Morgan fingerprint density at radius 2 is 1.92 bits per heavy atom. The molecule has 0 fully saturated rings. The van der Waals surface area contributed by atoms with Crippen LogP contribution in [0.5, 0.6) is 0 Å². The summed E-state index contributed by atoms with van der Waals surface area (Å²) < 4.78 is 5.94. The van der Waals surface area contributed by atoms with Crippen molar-refractivity contribution in [3.63, 3.8) is 0 Å². The Hall–Kier alpha value is 0.200. The van der Waals surface area contributed by atoms with Crippen molar-refractivity contribution in [2.45, 2.75) is 39.5 Å². The molecule has 0 saturated heterocycles. The summed E-state index contributed by atoms with van der Waals surface area (Å²) in [6, 6.07) is 0. The largest absolute Gasteiger partial charge is 0.469 e. The Morgan fingerprint density at radius 3 is 2.38 bits per heavy atom. The average Bonchev–Trinajstić information content (AvgIpc) is 2.11. The summed E-state index contributed by atoms with van der Waals surface area (Å²) in [4.78, 5) is 11.3. The number of rotatable bonds is 6. The first-order valence-corrected chi connectivity index (χ1v) is 6.21. The van der Waals surface area contributed by atoms with E-state index in [2.05, 4.69) is 22.6 Å². The third-order valence-corrected chi connectivity index (χ3v) is 2.94. The molecule has 0 spiro atoms. The number of hydrogen-bond acceptors (Lipinski definition) is 2. The van der Waals surface area contributed by atoms with Crippen molar-refractivity contribution in [2.24, 2.45) is 5.41 Å². The number of halogens is 1. The Bertz CT molecular complexity index is 155. The molecule has 2 nitrogen and oxygen atoms in total. The fraction of sp³-hybridized carbons (Fsp3) is 0.900. The molecule has 0 aromatic rings. The van der Waals surface area contributed by atoms with Gasteiger partial charge in [-0.2, -0.15) is 0 Å². The topological polar surface area (TPSA) is 26.3 Å². The highest BCUT2D eigenvalue weighted by molar-refractivity contribution is 14.1. The van der Waals surface area contributed by atoms with E-state index in [0.717, 1.165) is 12.8 Å². The Kier molecular flexibility index (Phi) is 6.73. The predicted octanol–water partition coefficient (Wildman–Crippen LogP) is 3.18. The van der Waals surface area contributed by atoms with Crippen molar-refractivity contribution in [2.75, 3.05) is 11.5 Å². The summed E-state index contributed by atoms with van der Waals surface area (Å²) in [6.45, 7) is 3.89. The number of carbonyl (C=O) groups excluding carboxylic acids is 1. The summed E-state index contributed by atoms with van der Waals surface area (Å²) in [5, 5.41) is 0. The van der Waals surface area contributed by atoms with Gasteiger partial charge in [-0.3, -0.25) is 4.79 Å². The first-order valence-electron chi connectivity index (χ1n) is 4.69. The highest BCUT2D eigenvalue weighted by Crippen LogP contribution is 2.25. The van der Waals surface area contributed by atoms with E-state index in [4.69, 9.17) is 4.74 Å². The predicted molar refractivity (Wildman–Crippen MR) is 63.2 cm³/mol. The lowest BCUT2D eigenvalue weighted by Crippen LogP contribution is -2.25. The molecule has 3 heteroatoms. The molecule has 0 amide bonds. The van der Waals surface area contributed by atoms with Crippen LogP contribution in [0.1, 0.15) is 39.5 Å². The smallest absolute Gasteiger partial charge is 0.311 e. The molecule has 0 aliphatic rings. The van der Waals surface area contributed by atoms with E-state index in [0.29, 0.717) is 0 Å². The van der Waals surface area contributed by atoms with Crippen LogP contribution in [-0.4, -0.2) is 17.5 Å². The molecule has 0 unspecified atom stereocenters.